The molecule has 122 valence electrons. The molecule has 1 heterocycles. The van der Waals surface area contributed by atoms with E-state index in [-0.39, 0.29) is 30.1 Å². The molecular weight excluding hydrogens is 417 g/mol. The minimum absolute atomic E-state index is 0.0584. The summed E-state index contributed by atoms with van der Waals surface area (Å²) in [6.07, 6.45) is 1.32. The van der Waals surface area contributed by atoms with Crippen LogP contribution in [0.15, 0.2) is 24.3 Å². The molecule has 1 aromatic rings. The van der Waals surface area contributed by atoms with Crippen LogP contribution in [0.5, 0.6) is 5.75 Å². The van der Waals surface area contributed by atoms with Gasteiger partial charge in [0.2, 0.25) is 0 Å². The van der Waals surface area contributed by atoms with Gasteiger partial charge in [-0.1, -0.05) is 6.92 Å². The van der Waals surface area contributed by atoms with Gasteiger partial charge in [-0.2, -0.15) is 0 Å². The fourth-order valence-electron chi connectivity index (χ4n) is 2.53. The molecule has 1 aromatic carbocycles. The number of benzene rings is 1. The van der Waals surface area contributed by atoms with E-state index < -0.39 is 9.84 Å². The predicted molar refractivity (Wildman–Crippen MR) is 93.7 cm³/mol. The Balaban J connectivity index is 1.96. The lowest BCUT2D eigenvalue weighted by atomic mass is 10.2. The minimum atomic E-state index is -3.00. The molecule has 2 rings (SSSR count). The number of ether oxygens (including phenoxy) is 1. The van der Waals surface area contributed by atoms with Gasteiger partial charge in [-0.15, -0.1) is 0 Å². The van der Waals surface area contributed by atoms with Crippen molar-refractivity contribution < 1.29 is 17.9 Å². The van der Waals surface area contributed by atoms with Crippen molar-refractivity contribution in [3.05, 3.63) is 27.8 Å². The van der Waals surface area contributed by atoms with Gasteiger partial charge in [0.15, 0.2) is 16.4 Å². The third kappa shape index (κ3) is 4.84. The van der Waals surface area contributed by atoms with Crippen LogP contribution in [0.4, 0.5) is 0 Å². The Bertz CT molecular complexity index is 615. The molecule has 1 aliphatic heterocycles. The first-order chi connectivity index (χ1) is 10.4. The molecule has 1 saturated heterocycles. The Morgan fingerprint density at radius 1 is 1.36 bits per heavy atom. The molecule has 1 aliphatic rings. The van der Waals surface area contributed by atoms with E-state index in [0.29, 0.717) is 18.7 Å². The molecule has 0 saturated carbocycles. The molecule has 0 N–H and O–H groups in total. The van der Waals surface area contributed by atoms with Crippen molar-refractivity contribution in [2.45, 2.75) is 25.8 Å². The lowest BCUT2D eigenvalue weighted by Gasteiger charge is -2.27. The summed E-state index contributed by atoms with van der Waals surface area (Å²) in [7, 11) is -3.00. The largest absolute Gasteiger partial charge is 0.484 e. The van der Waals surface area contributed by atoms with Gasteiger partial charge in [-0.05, 0) is 59.7 Å². The zero-order chi connectivity index (χ0) is 16.2. The van der Waals surface area contributed by atoms with Gasteiger partial charge >= 0.3 is 0 Å². The lowest BCUT2D eigenvalue weighted by molar-refractivity contribution is -0.135. The van der Waals surface area contributed by atoms with Crippen LogP contribution in [0.25, 0.3) is 0 Å². The van der Waals surface area contributed by atoms with Gasteiger partial charge in [0.1, 0.15) is 5.75 Å². The third-order valence-corrected chi connectivity index (χ3v) is 6.08. The zero-order valence-electron chi connectivity index (χ0n) is 12.5. The monoisotopic (exact) mass is 437 g/mol. The fraction of sp³-hybridized carbons (Fsp3) is 0.533. The van der Waals surface area contributed by atoms with Gasteiger partial charge in [-0.3, -0.25) is 4.79 Å². The van der Waals surface area contributed by atoms with E-state index in [4.69, 9.17) is 4.74 Å². The Kier molecular flexibility index (Phi) is 6.08. The predicted octanol–water partition coefficient (Wildman–Crippen LogP) is 2.10. The smallest absolute Gasteiger partial charge is 0.260 e. The number of amides is 1. The van der Waals surface area contributed by atoms with E-state index >= 15 is 0 Å². The molecule has 0 bridgehead atoms. The summed E-state index contributed by atoms with van der Waals surface area (Å²) in [4.78, 5) is 14.0. The van der Waals surface area contributed by atoms with Crippen molar-refractivity contribution in [1.29, 1.82) is 0 Å². The fourth-order valence-corrected chi connectivity index (χ4v) is 4.62. The number of nitrogens with zero attached hydrogens (tertiary/aromatic N) is 1. The first-order valence-corrected chi connectivity index (χ1v) is 10.2. The maximum Gasteiger partial charge on any atom is 0.260 e. The molecule has 1 unspecified atom stereocenters. The second-order valence-corrected chi connectivity index (χ2v) is 8.86. The summed E-state index contributed by atoms with van der Waals surface area (Å²) in [6.45, 7) is 2.48. The quantitative estimate of drug-likeness (QED) is 0.640. The first-order valence-electron chi connectivity index (χ1n) is 7.29. The Hall–Kier alpha value is -0.830. The van der Waals surface area contributed by atoms with Crippen molar-refractivity contribution in [3.8, 4) is 5.75 Å². The summed E-state index contributed by atoms with van der Waals surface area (Å²) in [5, 5.41) is 0. The maximum atomic E-state index is 12.4. The van der Waals surface area contributed by atoms with Gasteiger partial charge < -0.3 is 9.64 Å². The molecule has 7 heteroatoms. The number of carbonyl (C=O) groups is 1. The summed E-state index contributed by atoms with van der Waals surface area (Å²) in [5.74, 6) is 0.734. The van der Waals surface area contributed by atoms with Gasteiger partial charge in [0.25, 0.3) is 5.91 Å². The van der Waals surface area contributed by atoms with Crippen LogP contribution in [0.2, 0.25) is 0 Å². The number of carbonyl (C=O) groups excluding carboxylic acids is 1. The highest BCUT2D eigenvalue weighted by molar-refractivity contribution is 14.1. The van der Waals surface area contributed by atoms with Gasteiger partial charge in [0.05, 0.1) is 11.5 Å². The van der Waals surface area contributed by atoms with Crippen LogP contribution >= 0.6 is 22.6 Å². The SMILES string of the molecule is CCCN(C(=O)COc1ccc(I)cc1)C1CCS(=O)(=O)C1. The minimum Gasteiger partial charge on any atom is -0.484 e. The Morgan fingerprint density at radius 2 is 2.05 bits per heavy atom. The summed E-state index contributed by atoms with van der Waals surface area (Å²) in [6, 6.07) is 7.25. The van der Waals surface area contributed by atoms with Gasteiger partial charge in [0, 0.05) is 16.2 Å². The number of rotatable bonds is 6. The molecule has 0 aromatic heterocycles. The van der Waals surface area contributed by atoms with Crippen LogP contribution in [-0.2, 0) is 14.6 Å². The van der Waals surface area contributed by atoms with E-state index in [1.54, 1.807) is 4.90 Å². The Morgan fingerprint density at radius 3 is 2.59 bits per heavy atom. The van der Waals surface area contributed by atoms with E-state index in [1.807, 2.05) is 31.2 Å². The van der Waals surface area contributed by atoms with Crippen LogP contribution in [-0.4, -0.2) is 49.9 Å². The number of hydrogen-bond donors (Lipinski definition) is 0. The molecule has 0 aliphatic carbocycles. The van der Waals surface area contributed by atoms with Crippen LogP contribution in [0.1, 0.15) is 19.8 Å². The van der Waals surface area contributed by atoms with Crippen LogP contribution < -0.4 is 4.74 Å². The molecule has 1 amide bonds. The zero-order valence-corrected chi connectivity index (χ0v) is 15.5. The van der Waals surface area contributed by atoms with E-state index in [9.17, 15) is 13.2 Å². The first kappa shape index (κ1) is 17.5. The molecule has 1 fully saturated rings. The maximum absolute atomic E-state index is 12.4. The van der Waals surface area contributed by atoms with Crippen LogP contribution in [0.3, 0.4) is 0 Å². The second-order valence-electron chi connectivity index (χ2n) is 5.39. The average molecular weight is 437 g/mol. The van der Waals surface area contributed by atoms with Crippen molar-refractivity contribution in [2.24, 2.45) is 0 Å². The van der Waals surface area contributed by atoms with Gasteiger partial charge in [-0.25, -0.2) is 8.42 Å². The van der Waals surface area contributed by atoms with Crippen molar-refractivity contribution >= 4 is 38.3 Å². The summed E-state index contributed by atoms with van der Waals surface area (Å²) in [5.41, 5.74) is 0. The number of halogens is 1. The highest BCUT2D eigenvalue weighted by Gasteiger charge is 2.34. The average Bonchev–Trinajstić information content (AvgIpc) is 2.83. The van der Waals surface area contributed by atoms with Crippen molar-refractivity contribution in [3.63, 3.8) is 0 Å². The number of sulfone groups is 1. The molecule has 22 heavy (non-hydrogen) atoms. The molecule has 0 radical (unpaired) electrons. The van der Waals surface area contributed by atoms with E-state index in [2.05, 4.69) is 22.6 Å². The molecule has 1 atom stereocenters. The second kappa shape index (κ2) is 7.63. The highest BCUT2D eigenvalue weighted by atomic mass is 127. The van der Waals surface area contributed by atoms with E-state index in [0.717, 1.165) is 9.99 Å². The molecule has 5 nitrogen and oxygen atoms in total. The molecule has 0 spiro atoms. The standard InChI is InChI=1S/C15H20INO4S/c1-2-8-17(13-7-9-22(19,20)11-13)15(18)10-21-14-5-3-12(16)4-6-14/h3-6,13H,2,7-11H2,1H3. The third-order valence-electron chi connectivity index (χ3n) is 3.61. The van der Waals surface area contributed by atoms with Crippen LogP contribution in [0, 0.1) is 3.57 Å². The highest BCUT2D eigenvalue weighted by Crippen LogP contribution is 2.19. The lowest BCUT2D eigenvalue weighted by Crippen LogP contribution is -2.44. The van der Waals surface area contributed by atoms with Crippen molar-refractivity contribution in [2.75, 3.05) is 24.7 Å². The Labute approximate surface area is 145 Å². The summed E-state index contributed by atoms with van der Waals surface area (Å²) < 4.78 is 29.8. The van der Waals surface area contributed by atoms with Crippen molar-refractivity contribution in [1.82, 2.24) is 4.90 Å². The topological polar surface area (TPSA) is 63.7 Å². The summed E-state index contributed by atoms with van der Waals surface area (Å²) >= 11 is 2.20. The van der Waals surface area contributed by atoms with E-state index in [1.165, 1.54) is 0 Å². The normalized spacial score (nSPS) is 19.8. The number of hydrogen-bond acceptors (Lipinski definition) is 4. The molecular formula is C15H20INO4S.